The molecule has 3 heteroatoms. The monoisotopic (exact) mass is 248 g/mol. The Hall–Kier alpha value is -1.40. The summed E-state index contributed by atoms with van der Waals surface area (Å²) in [6.45, 7) is 3.82. The number of benzene rings is 2. The molecule has 0 bridgehead atoms. The predicted molar refractivity (Wildman–Crippen MR) is 71.6 cm³/mol. The molecule has 0 aromatic heterocycles. The Kier molecular flexibility index (Phi) is 3.44. The van der Waals surface area contributed by atoms with Crippen molar-refractivity contribution in [2.24, 2.45) is 0 Å². The van der Waals surface area contributed by atoms with Gasteiger partial charge in [0, 0.05) is 10.6 Å². The lowest BCUT2D eigenvalue weighted by Gasteiger charge is -2.07. The second-order valence-electron chi connectivity index (χ2n) is 4.13. The topological polar surface area (TPSA) is 20.2 Å². The first-order valence-electron chi connectivity index (χ1n) is 5.39. The molecular formula is C14H14FOP. The molecule has 0 radical (unpaired) electrons. The summed E-state index contributed by atoms with van der Waals surface area (Å²) in [5.41, 5.74) is 1.97. The summed E-state index contributed by atoms with van der Waals surface area (Å²) in [6, 6.07) is 10.6. The number of rotatable bonds is 2. The molecule has 2 aromatic carbocycles. The van der Waals surface area contributed by atoms with Crippen molar-refractivity contribution in [1.29, 1.82) is 0 Å². The normalized spacial score (nSPS) is 11.2. The molecule has 2 aromatic rings. The minimum Gasteiger partial charge on any atom is -0.507 e. The predicted octanol–water partition coefficient (Wildman–Crippen LogP) is 2.78. The van der Waals surface area contributed by atoms with Crippen molar-refractivity contribution in [3.63, 3.8) is 0 Å². The third-order valence-electron chi connectivity index (χ3n) is 2.55. The maximum absolute atomic E-state index is 13.7. The van der Waals surface area contributed by atoms with Crippen molar-refractivity contribution >= 4 is 19.2 Å². The van der Waals surface area contributed by atoms with Crippen LogP contribution in [0.4, 0.5) is 4.39 Å². The van der Waals surface area contributed by atoms with Gasteiger partial charge in [0.25, 0.3) is 0 Å². The summed E-state index contributed by atoms with van der Waals surface area (Å²) in [5.74, 6) is 0.0261. The van der Waals surface area contributed by atoms with Crippen LogP contribution in [0.5, 0.6) is 5.75 Å². The van der Waals surface area contributed by atoms with E-state index in [0.29, 0.717) is 5.30 Å². The molecule has 1 atom stereocenters. The van der Waals surface area contributed by atoms with Crippen LogP contribution < -0.4 is 10.6 Å². The van der Waals surface area contributed by atoms with Gasteiger partial charge in [0.1, 0.15) is 11.6 Å². The van der Waals surface area contributed by atoms with Crippen LogP contribution in [-0.2, 0) is 0 Å². The van der Waals surface area contributed by atoms with Gasteiger partial charge < -0.3 is 5.11 Å². The molecule has 2 rings (SSSR count). The summed E-state index contributed by atoms with van der Waals surface area (Å²) < 4.78 is 13.7. The Morgan fingerprint density at radius 2 is 1.59 bits per heavy atom. The molecule has 0 aliphatic rings. The van der Waals surface area contributed by atoms with Crippen molar-refractivity contribution < 1.29 is 9.50 Å². The number of aryl methyl sites for hydroxylation is 2. The van der Waals surface area contributed by atoms with Crippen molar-refractivity contribution in [3.05, 3.63) is 53.3 Å². The van der Waals surface area contributed by atoms with E-state index >= 15 is 0 Å². The maximum atomic E-state index is 13.7. The Balaban J connectivity index is 2.34. The lowest BCUT2D eigenvalue weighted by atomic mass is 10.2. The van der Waals surface area contributed by atoms with E-state index in [2.05, 4.69) is 0 Å². The van der Waals surface area contributed by atoms with E-state index in [1.165, 1.54) is 6.07 Å². The molecule has 0 amide bonds. The molecule has 0 aliphatic heterocycles. The quantitative estimate of drug-likeness (QED) is 0.810. The molecule has 1 N–H and O–H groups in total. The summed E-state index contributed by atoms with van der Waals surface area (Å²) in [5, 5.41) is 11.1. The number of aromatic hydroxyl groups is 1. The number of phenolic OH excluding ortho intramolecular Hbond substituents is 1. The van der Waals surface area contributed by atoms with E-state index in [1.54, 1.807) is 12.1 Å². The molecule has 0 heterocycles. The zero-order chi connectivity index (χ0) is 12.4. The Morgan fingerprint density at radius 3 is 2.29 bits per heavy atom. The Morgan fingerprint density at radius 1 is 0.941 bits per heavy atom. The summed E-state index contributed by atoms with van der Waals surface area (Å²) in [7, 11) is 0.142. The molecule has 0 spiro atoms. The van der Waals surface area contributed by atoms with E-state index in [0.717, 1.165) is 16.4 Å². The Bertz CT molecular complexity index is 552. The fourth-order valence-corrected chi connectivity index (χ4v) is 2.78. The van der Waals surface area contributed by atoms with Crippen LogP contribution in [0.1, 0.15) is 11.1 Å². The molecule has 0 aliphatic carbocycles. The van der Waals surface area contributed by atoms with Crippen molar-refractivity contribution in [1.82, 2.24) is 0 Å². The average Bonchev–Trinajstić information content (AvgIpc) is 2.27. The van der Waals surface area contributed by atoms with Gasteiger partial charge in [-0.05, 0) is 37.6 Å². The van der Waals surface area contributed by atoms with Crippen LogP contribution in [0.3, 0.4) is 0 Å². The van der Waals surface area contributed by atoms with Gasteiger partial charge in [0.05, 0.1) is 0 Å². The van der Waals surface area contributed by atoms with Gasteiger partial charge in [-0.2, -0.15) is 0 Å². The van der Waals surface area contributed by atoms with Crippen molar-refractivity contribution in [2.45, 2.75) is 13.8 Å². The SMILES string of the molecule is Cc1ccc(Pc2cc(C)ccc2O)c(F)c1. The fourth-order valence-electron chi connectivity index (χ4n) is 1.62. The highest BCUT2D eigenvalue weighted by atomic mass is 31.1. The molecule has 1 nitrogen and oxygen atoms in total. The van der Waals surface area contributed by atoms with Crippen LogP contribution in [0.25, 0.3) is 0 Å². The van der Waals surface area contributed by atoms with Gasteiger partial charge >= 0.3 is 0 Å². The number of hydrogen-bond acceptors (Lipinski definition) is 1. The average molecular weight is 248 g/mol. The van der Waals surface area contributed by atoms with Gasteiger partial charge in [-0.1, -0.05) is 32.3 Å². The van der Waals surface area contributed by atoms with Gasteiger partial charge in [-0.25, -0.2) is 4.39 Å². The first-order valence-corrected chi connectivity index (χ1v) is 6.39. The molecule has 0 saturated heterocycles. The van der Waals surface area contributed by atoms with Crippen molar-refractivity contribution in [3.8, 4) is 5.75 Å². The highest BCUT2D eigenvalue weighted by molar-refractivity contribution is 7.55. The molecule has 0 saturated carbocycles. The number of phenols is 1. The Labute approximate surface area is 102 Å². The molecule has 88 valence electrons. The highest BCUT2D eigenvalue weighted by Crippen LogP contribution is 2.20. The fraction of sp³-hybridized carbons (Fsp3) is 0.143. The number of hydrogen-bond donors (Lipinski definition) is 1. The summed E-state index contributed by atoms with van der Waals surface area (Å²) in [4.78, 5) is 0. The largest absolute Gasteiger partial charge is 0.507 e. The lowest BCUT2D eigenvalue weighted by molar-refractivity contribution is 0.479. The van der Waals surface area contributed by atoms with E-state index in [-0.39, 0.29) is 20.1 Å². The second-order valence-corrected chi connectivity index (χ2v) is 5.46. The highest BCUT2D eigenvalue weighted by Gasteiger charge is 2.07. The summed E-state index contributed by atoms with van der Waals surface area (Å²) in [6.07, 6.45) is 0. The van der Waals surface area contributed by atoms with Gasteiger partial charge in [0.15, 0.2) is 0 Å². The van der Waals surface area contributed by atoms with E-state index in [1.807, 2.05) is 32.0 Å². The van der Waals surface area contributed by atoms with Gasteiger partial charge in [-0.15, -0.1) is 0 Å². The zero-order valence-corrected chi connectivity index (χ0v) is 10.8. The van der Waals surface area contributed by atoms with Crippen LogP contribution in [-0.4, -0.2) is 5.11 Å². The summed E-state index contributed by atoms with van der Waals surface area (Å²) >= 11 is 0. The van der Waals surface area contributed by atoms with Crippen LogP contribution >= 0.6 is 8.58 Å². The molecule has 17 heavy (non-hydrogen) atoms. The standard InChI is InChI=1S/C14H14FOP/c1-9-4-6-13(11(15)7-9)17-14-8-10(2)3-5-12(14)16/h3-8,16-17H,1-2H3. The minimum absolute atomic E-state index is 0.142. The first kappa shape index (κ1) is 12.1. The van der Waals surface area contributed by atoms with E-state index in [4.69, 9.17) is 0 Å². The zero-order valence-electron chi connectivity index (χ0n) is 9.79. The second kappa shape index (κ2) is 4.85. The van der Waals surface area contributed by atoms with Gasteiger partial charge in [-0.3, -0.25) is 0 Å². The maximum Gasteiger partial charge on any atom is 0.131 e. The third kappa shape index (κ3) is 2.83. The van der Waals surface area contributed by atoms with Crippen molar-refractivity contribution in [2.75, 3.05) is 0 Å². The van der Waals surface area contributed by atoms with Crippen LogP contribution in [0.2, 0.25) is 0 Å². The lowest BCUT2D eigenvalue weighted by Crippen LogP contribution is -2.08. The molecule has 0 fully saturated rings. The first-order chi connectivity index (χ1) is 8.06. The van der Waals surface area contributed by atoms with E-state index < -0.39 is 0 Å². The molecular weight excluding hydrogens is 234 g/mol. The third-order valence-corrected chi connectivity index (χ3v) is 3.89. The van der Waals surface area contributed by atoms with Gasteiger partial charge in [0.2, 0.25) is 0 Å². The van der Waals surface area contributed by atoms with Crippen LogP contribution in [0.15, 0.2) is 36.4 Å². The van der Waals surface area contributed by atoms with E-state index in [9.17, 15) is 9.50 Å². The van der Waals surface area contributed by atoms with Crippen LogP contribution in [0, 0.1) is 19.7 Å². The minimum atomic E-state index is -0.204. The molecule has 1 unspecified atom stereocenters. The number of halogens is 1. The smallest absolute Gasteiger partial charge is 0.131 e.